The van der Waals surface area contributed by atoms with Gasteiger partial charge in [0, 0.05) is 5.56 Å². The summed E-state index contributed by atoms with van der Waals surface area (Å²) in [4.78, 5) is 0. The maximum absolute atomic E-state index is 3.88. The normalized spacial score (nSPS) is 10.1. The Kier molecular flexibility index (Phi) is 2.27. The van der Waals surface area contributed by atoms with Gasteiger partial charge in [0.05, 0.1) is 12.4 Å². The molecule has 0 radical (unpaired) electrons. The second-order valence-electron chi connectivity index (χ2n) is 3.38. The quantitative estimate of drug-likeness (QED) is 0.681. The van der Waals surface area contributed by atoms with E-state index in [1.165, 1.54) is 16.7 Å². The van der Waals surface area contributed by atoms with Gasteiger partial charge in [-0.05, 0) is 36.6 Å². The predicted molar refractivity (Wildman–Crippen MR) is 56.9 cm³/mol. The van der Waals surface area contributed by atoms with Gasteiger partial charge in [0.25, 0.3) is 0 Å². The zero-order valence-corrected chi connectivity index (χ0v) is 8.36. The summed E-state index contributed by atoms with van der Waals surface area (Å²) >= 11 is 0. The van der Waals surface area contributed by atoms with Crippen LogP contribution in [0.4, 0.5) is 0 Å². The van der Waals surface area contributed by atoms with Crippen molar-refractivity contribution < 1.29 is 0 Å². The highest BCUT2D eigenvalue weighted by atomic mass is 15.1. The number of rotatable bonds is 1. The van der Waals surface area contributed by atoms with Crippen LogP contribution in [0.5, 0.6) is 0 Å². The Bertz CT molecular complexity index is 435. The van der Waals surface area contributed by atoms with Gasteiger partial charge in [-0.3, -0.25) is 0 Å². The summed E-state index contributed by atoms with van der Waals surface area (Å²) in [6.07, 6.45) is 3.51. The molecule has 0 aliphatic heterocycles. The monoisotopic (exact) mass is 184 g/mol. The second-order valence-corrected chi connectivity index (χ2v) is 3.38. The van der Waals surface area contributed by atoms with Crippen LogP contribution >= 0.6 is 0 Å². The molecule has 2 aromatic rings. The SMILES string of the molecule is Cc1cccc(-c2ccnnc2)c1C. The third kappa shape index (κ3) is 1.51. The Morgan fingerprint density at radius 2 is 1.86 bits per heavy atom. The summed E-state index contributed by atoms with van der Waals surface area (Å²) in [6.45, 7) is 4.25. The first kappa shape index (κ1) is 8.88. The molecule has 0 saturated heterocycles. The minimum Gasteiger partial charge on any atom is -0.159 e. The lowest BCUT2D eigenvalue weighted by Crippen LogP contribution is -1.88. The molecule has 0 unspecified atom stereocenters. The largest absolute Gasteiger partial charge is 0.159 e. The van der Waals surface area contributed by atoms with Gasteiger partial charge in [0.2, 0.25) is 0 Å². The molecule has 0 saturated carbocycles. The van der Waals surface area contributed by atoms with Crippen molar-refractivity contribution in [3.05, 3.63) is 47.8 Å². The summed E-state index contributed by atoms with van der Waals surface area (Å²) in [7, 11) is 0. The summed E-state index contributed by atoms with van der Waals surface area (Å²) < 4.78 is 0. The van der Waals surface area contributed by atoms with E-state index < -0.39 is 0 Å². The number of hydrogen-bond acceptors (Lipinski definition) is 2. The molecule has 2 heteroatoms. The summed E-state index contributed by atoms with van der Waals surface area (Å²) in [6, 6.07) is 8.28. The Hall–Kier alpha value is -1.70. The first-order valence-electron chi connectivity index (χ1n) is 4.62. The van der Waals surface area contributed by atoms with Crippen molar-refractivity contribution in [2.75, 3.05) is 0 Å². The molecular formula is C12H12N2. The van der Waals surface area contributed by atoms with E-state index in [4.69, 9.17) is 0 Å². The van der Waals surface area contributed by atoms with Crippen LogP contribution in [-0.4, -0.2) is 10.2 Å². The number of benzene rings is 1. The van der Waals surface area contributed by atoms with Gasteiger partial charge in [-0.15, -0.1) is 0 Å². The van der Waals surface area contributed by atoms with Crippen LogP contribution in [-0.2, 0) is 0 Å². The Morgan fingerprint density at radius 1 is 1.00 bits per heavy atom. The van der Waals surface area contributed by atoms with E-state index in [0.717, 1.165) is 5.56 Å². The van der Waals surface area contributed by atoms with E-state index in [1.54, 1.807) is 12.4 Å². The van der Waals surface area contributed by atoms with Crippen molar-refractivity contribution in [2.24, 2.45) is 0 Å². The van der Waals surface area contributed by atoms with Crippen molar-refractivity contribution in [3.8, 4) is 11.1 Å². The highest BCUT2D eigenvalue weighted by Crippen LogP contribution is 2.23. The van der Waals surface area contributed by atoms with Gasteiger partial charge in [-0.25, -0.2) is 0 Å². The third-order valence-corrected chi connectivity index (χ3v) is 2.50. The molecule has 0 spiro atoms. The molecule has 2 nitrogen and oxygen atoms in total. The van der Waals surface area contributed by atoms with Gasteiger partial charge >= 0.3 is 0 Å². The minimum atomic E-state index is 1.13. The lowest BCUT2D eigenvalue weighted by molar-refractivity contribution is 1.03. The van der Waals surface area contributed by atoms with Crippen LogP contribution < -0.4 is 0 Å². The summed E-state index contributed by atoms with van der Waals surface area (Å²) in [5, 5.41) is 7.65. The average Bonchev–Trinajstić information content (AvgIpc) is 2.23. The molecule has 1 aromatic heterocycles. The molecule has 2 rings (SSSR count). The average molecular weight is 184 g/mol. The zero-order valence-electron chi connectivity index (χ0n) is 8.36. The van der Waals surface area contributed by atoms with E-state index in [9.17, 15) is 0 Å². The van der Waals surface area contributed by atoms with Gasteiger partial charge in [0.15, 0.2) is 0 Å². The van der Waals surface area contributed by atoms with Crippen LogP contribution in [0.2, 0.25) is 0 Å². The van der Waals surface area contributed by atoms with Crippen molar-refractivity contribution in [3.63, 3.8) is 0 Å². The molecule has 0 aliphatic carbocycles. The molecule has 0 atom stereocenters. The highest BCUT2D eigenvalue weighted by molar-refractivity contribution is 5.67. The van der Waals surface area contributed by atoms with E-state index >= 15 is 0 Å². The molecule has 14 heavy (non-hydrogen) atoms. The van der Waals surface area contributed by atoms with Gasteiger partial charge < -0.3 is 0 Å². The summed E-state index contributed by atoms with van der Waals surface area (Å²) in [5.41, 5.74) is 4.97. The van der Waals surface area contributed by atoms with Crippen LogP contribution in [0.1, 0.15) is 11.1 Å². The molecule has 0 amide bonds. The zero-order chi connectivity index (χ0) is 9.97. The van der Waals surface area contributed by atoms with E-state index in [0.29, 0.717) is 0 Å². The fourth-order valence-electron chi connectivity index (χ4n) is 1.51. The fraction of sp³-hybridized carbons (Fsp3) is 0.167. The smallest absolute Gasteiger partial charge is 0.0574 e. The first-order valence-corrected chi connectivity index (χ1v) is 4.62. The minimum absolute atomic E-state index is 1.13. The molecule has 0 bridgehead atoms. The molecule has 1 aromatic carbocycles. The lowest BCUT2D eigenvalue weighted by Gasteiger charge is -2.07. The van der Waals surface area contributed by atoms with Gasteiger partial charge in [0.1, 0.15) is 0 Å². The van der Waals surface area contributed by atoms with Gasteiger partial charge in [-0.1, -0.05) is 18.2 Å². The van der Waals surface area contributed by atoms with Crippen LogP contribution in [0.25, 0.3) is 11.1 Å². The van der Waals surface area contributed by atoms with E-state index in [2.05, 4.69) is 42.2 Å². The Morgan fingerprint density at radius 3 is 2.57 bits per heavy atom. The van der Waals surface area contributed by atoms with Crippen LogP contribution in [0, 0.1) is 13.8 Å². The number of aromatic nitrogens is 2. The third-order valence-electron chi connectivity index (χ3n) is 2.50. The Balaban J connectivity index is 2.58. The maximum Gasteiger partial charge on any atom is 0.0574 e. The topological polar surface area (TPSA) is 25.8 Å². The van der Waals surface area contributed by atoms with Crippen LogP contribution in [0.15, 0.2) is 36.7 Å². The number of aryl methyl sites for hydroxylation is 1. The molecule has 0 fully saturated rings. The van der Waals surface area contributed by atoms with E-state index in [1.807, 2.05) is 6.07 Å². The molecule has 0 N–H and O–H groups in total. The molecular weight excluding hydrogens is 172 g/mol. The summed E-state index contributed by atoms with van der Waals surface area (Å²) in [5.74, 6) is 0. The first-order chi connectivity index (χ1) is 6.79. The second kappa shape index (κ2) is 3.58. The Labute approximate surface area is 83.6 Å². The molecule has 1 heterocycles. The van der Waals surface area contributed by atoms with Crippen molar-refractivity contribution in [1.29, 1.82) is 0 Å². The van der Waals surface area contributed by atoms with Crippen molar-refractivity contribution in [2.45, 2.75) is 13.8 Å². The van der Waals surface area contributed by atoms with E-state index in [-0.39, 0.29) is 0 Å². The molecule has 0 aliphatic rings. The standard InChI is InChI=1S/C12H12N2/c1-9-4-3-5-12(10(9)2)11-6-7-13-14-8-11/h3-8H,1-2H3. The van der Waals surface area contributed by atoms with Crippen LogP contribution in [0.3, 0.4) is 0 Å². The molecule has 70 valence electrons. The number of hydrogen-bond donors (Lipinski definition) is 0. The maximum atomic E-state index is 3.88. The number of nitrogens with zero attached hydrogens (tertiary/aromatic N) is 2. The predicted octanol–water partition coefficient (Wildman–Crippen LogP) is 2.76. The van der Waals surface area contributed by atoms with Gasteiger partial charge in [-0.2, -0.15) is 10.2 Å². The lowest BCUT2D eigenvalue weighted by atomic mass is 9.99. The van der Waals surface area contributed by atoms with Crippen molar-refractivity contribution >= 4 is 0 Å². The van der Waals surface area contributed by atoms with Crippen molar-refractivity contribution in [1.82, 2.24) is 10.2 Å². The fourth-order valence-corrected chi connectivity index (χ4v) is 1.51. The highest BCUT2D eigenvalue weighted by Gasteiger charge is 2.02.